The standard InChI is InChI=1S/C5H8N2O2S/c1-9-4(8)2-3-7-5(6)10/h2-3H,1H3,(H3,6,7,10). The van der Waals surface area contributed by atoms with Crippen molar-refractivity contribution in [2.45, 2.75) is 0 Å². The summed E-state index contributed by atoms with van der Waals surface area (Å²) >= 11 is 4.45. The summed E-state index contributed by atoms with van der Waals surface area (Å²) in [5.41, 5.74) is 5.04. The zero-order valence-corrected chi connectivity index (χ0v) is 6.27. The summed E-state index contributed by atoms with van der Waals surface area (Å²) in [6, 6.07) is 0. The highest BCUT2D eigenvalue weighted by Crippen LogP contribution is 1.73. The molecule has 0 aliphatic carbocycles. The van der Waals surface area contributed by atoms with Crippen LogP contribution in [-0.4, -0.2) is 18.2 Å². The number of methoxy groups -OCH3 is 1. The lowest BCUT2D eigenvalue weighted by Crippen LogP contribution is -2.23. The van der Waals surface area contributed by atoms with E-state index in [9.17, 15) is 4.79 Å². The zero-order valence-electron chi connectivity index (χ0n) is 5.46. The second-order valence-corrected chi connectivity index (χ2v) is 1.80. The van der Waals surface area contributed by atoms with Gasteiger partial charge >= 0.3 is 5.97 Å². The van der Waals surface area contributed by atoms with Gasteiger partial charge in [-0.25, -0.2) is 4.79 Å². The van der Waals surface area contributed by atoms with Crippen molar-refractivity contribution in [3.05, 3.63) is 12.3 Å². The smallest absolute Gasteiger partial charge is 0.331 e. The Morgan fingerprint density at radius 1 is 1.80 bits per heavy atom. The van der Waals surface area contributed by atoms with E-state index in [1.807, 2.05) is 0 Å². The minimum absolute atomic E-state index is 0.111. The molecule has 0 amide bonds. The summed E-state index contributed by atoms with van der Waals surface area (Å²) in [5, 5.41) is 2.55. The van der Waals surface area contributed by atoms with Crippen molar-refractivity contribution >= 4 is 23.3 Å². The molecule has 10 heavy (non-hydrogen) atoms. The Labute approximate surface area is 64.0 Å². The van der Waals surface area contributed by atoms with Crippen LogP contribution in [-0.2, 0) is 9.53 Å². The van der Waals surface area contributed by atoms with E-state index in [1.165, 1.54) is 19.4 Å². The number of nitrogens with two attached hydrogens (primary N) is 1. The first kappa shape index (κ1) is 8.90. The molecule has 5 heteroatoms. The molecule has 0 aliphatic heterocycles. The second kappa shape index (κ2) is 4.75. The largest absolute Gasteiger partial charge is 0.466 e. The fraction of sp³-hybridized carbons (Fsp3) is 0.200. The number of ether oxygens (including phenoxy) is 1. The molecule has 0 rings (SSSR count). The lowest BCUT2D eigenvalue weighted by molar-refractivity contribution is -0.134. The lowest BCUT2D eigenvalue weighted by atomic mass is 10.6. The molecule has 0 saturated carbocycles. The molecular weight excluding hydrogens is 152 g/mol. The predicted molar refractivity (Wildman–Crippen MR) is 41.1 cm³/mol. The second-order valence-electron chi connectivity index (χ2n) is 1.37. The number of hydrogen-bond acceptors (Lipinski definition) is 3. The van der Waals surface area contributed by atoms with Gasteiger partial charge in [0.25, 0.3) is 0 Å². The molecule has 0 fully saturated rings. The maximum Gasteiger partial charge on any atom is 0.331 e. The van der Waals surface area contributed by atoms with Gasteiger partial charge in [-0.05, 0) is 12.2 Å². The topological polar surface area (TPSA) is 64.3 Å². The van der Waals surface area contributed by atoms with Crippen molar-refractivity contribution in [1.82, 2.24) is 5.32 Å². The molecule has 56 valence electrons. The first-order chi connectivity index (χ1) is 4.66. The lowest BCUT2D eigenvalue weighted by Gasteiger charge is -1.92. The number of hydrogen-bond donors (Lipinski definition) is 2. The molecule has 0 heterocycles. The maximum absolute atomic E-state index is 10.4. The molecule has 0 saturated heterocycles. The van der Waals surface area contributed by atoms with Crippen molar-refractivity contribution in [3.63, 3.8) is 0 Å². The summed E-state index contributed by atoms with van der Waals surface area (Å²) in [7, 11) is 1.29. The van der Waals surface area contributed by atoms with Crippen molar-refractivity contribution in [3.8, 4) is 0 Å². The quantitative estimate of drug-likeness (QED) is 0.324. The maximum atomic E-state index is 10.4. The van der Waals surface area contributed by atoms with E-state index in [0.29, 0.717) is 0 Å². The highest BCUT2D eigenvalue weighted by molar-refractivity contribution is 7.80. The summed E-state index contributed by atoms with van der Waals surface area (Å²) in [6.07, 6.45) is 2.49. The molecule has 4 nitrogen and oxygen atoms in total. The van der Waals surface area contributed by atoms with Crippen LogP contribution in [0.4, 0.5) is 0 Å². The Hall–Kier alpha value is -1.10. The molecule has 0 radical (unpaired) electrons. The van der Waals surface area contributed by atoms with Gasteiger partial charge in [0.2, 0.25) is 0 Å². The fourth-order valence-corrected chi connectivity index (χ4v) is 0.328. The Balaban J connectivity index is 3.56. The number of carbonyl (C=O) groups excluding carboxylic acids is 1. The molecule has 0 atom stereocenters. The van der Waals surface area contributed by atoms with E-state index in [2.05, 4.69) is 22.3 Å². The zero-order chi connectivity index (χ0) is 7.98. The third kappa shape index (κ3) is 5.04. The average molecular weight is 160 g/mol. The van der Waals surface area contributed by atoms with Gasteiger partial charge in [0.05, 0.1) is 7.11 Å². The van der Waals surface area contributed by atoms with Gasteiger partial charge < -0.3 is 15.8 Å². The van der Waals surface area contributed by atoms with Crippen LogP contribution >= 0.6 is 12.2 Å². The number of carbonyl (C=O) groups is 1. The Bertz CT molecular complexity index is 167. The molecule has 0 bridgehead atoms. The van der Waals surface area contributed by atoms with E-state index >= 15 is 0 Å². The molecule has 0 spiro atoms. The SMILES string of the molecule is COC(=O)C=CNC(N)=S. The van der Waals surface area contributed by atoms with Gasteiger partial charge in [-0.3, -0.25) is 0 Å². The van der Waals surface area contributed by atoms with Gasteiger partial charge in [-0.2, -0.15) is 0 Å². The molecule has 3 N–H and O–H groups in total. The van der Waals surface area contributed by atoms with E-state index < -0.39 is 5.97 Å². The summed E-state index contributed by atoms with van der Waals surface area (Å²) in [6.45, 7) is 0. The molecule has 0 aromatic rings. The molecule has 0 aromatic carbocycles. The number of rotatable bonds is 2. The Morgan fingerprint density at radius 2 is 2.40 bits per heavy atom. The van der Waals surface area contributed by atoms with Crippen LogP contribution in [0.2, 0.25) is 0 Å². The summed E-state index contributed by atoms with van der Waals surface area (Å²) in [5.74, 6) is -0.455. The highest BCUT2D eigenvalue weighted by Gasteiger charge is 1.88. The van der Waals surface area contributed by atoms with Gasteiger partial charge in [-0.15, -0.1) is 0 Å². The Kier molecular flexibility index (Phi) is 4.23. The van der Waals surface area contributed by atoms with E-state index in [1.54, 1.807) is 0 Å². The van der Waals surface area contributed by atoms with E-state index in [-0.39, 0.29) is 5.11 Å². The first-order valence-electron chi connectivity index (χ1n) is 2.47. The fourth-order valence-electron chi connectivity index (χ4n) is 0.260. The van der Waals surface area contributed by atoms with Crippen molar-refractivity contribution in [1.29, 1.82) is 0 Å². The van der Waals surface area contributed by atoms with Crippen molar-refractivity contribution in [2.75, 3.05) is 7.11 Å². The summed E-state index contributed by atoms with van der Waals surface area (Å²) < 4.78 is 4.28. The minimum atomic E-state index is -0.455. The third-order valence-electron chi connectivity index (χ3n) is 0.646. The highest BCUT2D eigenvalue weighted by atomic mass is 32.1. The minimum Gasteiger partial charge on any atom is -0.466 e. The van der Waals surface area contributed by atoms with Gasteiger partial charge in [-0.1, -0.05) is 0 Å². The van der Waals surface area contributed by atoms with Crippen LogP contribution in [0.1, 0.15) is 0 Å². The monoisotopic (exact) mass is 160 g/mol. The number of nitrogens with one attached hydrogen (secondary N) is 1. The number of esters is 1. The van der Waals surface area contributed by atoms with Crippen LogP contribution in [0.5, 0.6) is 0 Å². The summed E-state index contributed by atoms with van der Waals surface area (Å²) in [4.78, 5) is 10.4. The Morgan fingerprint density at radius 3 is 2.80 bits per heavy atom. The van der Waals surface area contributed by atoms with E-state index in [4.69, 9.17) is 5.73 Å². The predicted octanol–water partition coefficient (Wildman–Crippen LogP) is -0.494. The molecule has 0 unspecified atom stereocenters. The van der Waals surface area contributed by atoms with Gasteiger partial charge in [0.15, 0.2) is 5.11 Å². The molecular formula is C5H8N2O2S. The third-order valence-corrected chi connectivity index (χ3v) is 0.764. The van der Waals surface area contributed by atoms with Crippen LogP contribution in [0, 0.1) is 0 Å². The van der Waals surface area contributed by atoms with Crippen LogP contribution < -0.4 is 11.1 Å². The van der Waals surface area contributed by atoms with Crippen molar-refractivity contribution in [2.24, 2.45) is 5.73 Å². The van der Waals surface area contributed by atoms with Gasteiger partial charge in [0, 0.05) is 12.3 Å². The van der Waals surface area contributed by atoms with Crippen LogP contribution in [0.3, 0.4) is 0 Å². The molecule has 0 aromatic heterocycles. The van der Waals surface area contributed by atoms with Crippen LogP contribution in [0.25, 0.3) is 0 Å². The average Bonchev–Trinajstić information content (AvgIpc) is 1.87. The van der Waals surface area contributed by atoms with Gasteiger partial charge in [0.1, 0.15) is 0 Å². The number of thiocarbonyl (C=S) groups is 1. The van der Waals surface area contributed by atoms with Crippen molar-refractivity contribution < 1.29 is 9.53 Å². The normalized spacial score (nSPS) is 9.30. The van der Waals surface area contributed by atoms with Crippen LogP contribution in [0.15, 0.2) is 12.3 Å². The first-order valence-corrected chi connectivity index (χ1v) is 2.88. The van der Waals surface area contributed by atoms with E-state index in [0.717, 1.165) is 0 Å². The molecule has 0 aliphatic rings.